The standard InChI is InChI=1S/C10H15O3P/c1-4-7-10-14(11,12-8-5-2)13-9-6-3/h2,4,6-7H,3,8-10H2,1H3. The van der Waals surface area contributed by atoms with Crippen molar-refractivity contribution in [2.75, 3.05) is 19.4 Å². The summed E-state index contributed by atoms with van der Waals surface area (Å²) in [5, 5.41) is 0. The molecule has 0 spiro atoms. The summed E-state index contributed by atoms with van der Waals surface area (Å²) in [4.78, 5) is 0. The molecule has 4 heteroatoms. The maximum absolute atomic E-state index is 11.9. The lowest BCUT2D eigenvalue weighted by molar-refractivity contribution is 0.242. The summed E-state index contributed by atoms with van der Waals surface area (Å²) in [7, 11) is -3.07. The van der Waals surface area contributed by atoms with Crippen LogP contribution in [-0.2, 0) is 13.6 Å². The molecule has 0 heterocycles. The third-order valence-corrected chi connectivity index (χ3v) is 3.02. The van der Waals surface area contributed by atoms with Crippen molar-refractivity contribution in [2.24, 2.45) is 0 Å². The fourth-order valence-corrected chi connectivity index (χ4v) is 2.04. The van der Waals surface area contributed by atoms with E-state index in [4.69, 9.17) is 15.5 Å². The van der Waals surface area contributed by atoms with Gasteiger partial charge in [0.15, 0.2) is 0 Å². The van der Waals surface area contributed by atoms with E-state index in [0.717, 1.165) is 0 Å². The first-order chi connectivity index (χ1) is 6.68. The molecule has 0 saturated carbocycles. The zero-order chi connectivity index (χ0) is 10.9. The second kappa shape index (κ2) is 7.58. The minimum atomic E-state index is -3.07. The van der Waals surface area contributed by atoms with Gasteiger partial charge in [-0.25, -0.2) is 0 Å². The van der Waals surface area contributed by atoms with Crippen molar-refractivity contribution in [3.63, 3.8) is 0 Å². The van der Waals surface area contributed by atoms with E-state index in [0.29, 0.717) is 0 Å². The Bertz CT molecular complexity index is 276. The van der Waals surface area contributed by atoms with Gasteiger partial charge < -0.3 is 4.52 Å². The first-order valence-corrected chi connectivity index (χ1v) is 5.95. The topological polar surface area (TPSA) is 35.5 Å². The first-order valence-electron chi connectivity index (χ1n) is 4.22. The molecule has 0 aliphatic rings. The summed E-state index contributed by atoms with van der Waals surface area (Å²) < 4.78 is 21.9. The van der Waals surface area contributed by atoms with Crippen LogP contribution in [0.1, 0.15) is 6.92 Å². The molecule has 78 valence electrons. The summed E-state index contributed by atoms with van der Waals surface area (Å²) in [6.45, 7) is 5.48. The van der Waals surface area contributed by atoms with E-state index in [1.165, 1.54) is 6.08 Å². The number of rotatable bonds is 7. The molecule has 0 saturated heterocycles. The third-order valence-electron chi connectivity index (χ3n) is 1.30. The van der Waals surface area contributed by atoms with Crippen molar-refractivity contribution in [3.05, 3.63) is 24.8 Å². The predicted octanol–water partition coefficient (Wildman–Crippen LogP) is 2.61. The Kier molecular flexibility index (Phi) is 7.14. The Morgan fingerprint density at radius 1 is 1.57 bits per heavy atom. The molecule has 0 amide bonds. The fraction of sp³-hybridized carbons (Fsp3) is 0.400. The zero-order valence-corrected chi connectivity index (χ0v) is 9.20. The van der Waals surface area contributed by atoms with Gasteiger partial charge in [0.25, 0.3) is 0 Å². The minimum absolute atomic E-state index is 0.00796. The third kappa shape index (κ3) is 5.77. The normalized spacial score (nSPS) is 14.9. The Balaban J connectivity index is 4.25. The predicted molar refractivity (Wildman–Crippen MR) is 58.2 cm³/mol. The quantitative estimate of drug-likeness (QED) is 0.371. The van der Waals surface area contributed by atoms with Crippen LogP contribution in [0.4, 0.5) is 0 Å². The van der Waals surface area contributed by atoms with Crippen molar-refractivity contribution in [1.29, 1.82) is 0 Å². The highest BCUT2D eigenvalue weighted by Crippen LogP contribution is 2.47. The van der Waals surface area contributed by atoms with Crippen molar-refractivity contribution in [1.82, 2.24) is 0 Å². The molecule has 0 aromatic rings. The lowest BCUT2D eigenvalue weighted by Gasteiger charge is -2.14. The molecule has 0 N–H and O–H groups in total. The van der Waals surface area contributed by atoms with Crippen molar-refractivity contribution < 1.29 is 13.6 Å². The van der Waals surface area contributed by atoms with E-state index < -0.39 is 7.60 Å². The lowest BCUT2D eigenvalue weighted by Crippen LogP contribution is -1.99. The molecule has 0 aromatic carbocycles. The number of allylic oxidation sites excluding steroid dienone is 2. The van der Waals surface area contributed by atoms with Gasteiger partial charge in [-0.1, -0.05) is 24.1 Å². The minimum Gasteiger partial charge on any atom is -0.304 e. The van der Waals surface area contributed by atoms with Crippen molar-refractivity contribution in [3.8, 4) is 12.3 Å². The van der Waals surface area contributed by atoms with Gasteiger partial charge in [-0.3, -0.25) is 9.09 Å². The van der Waals surface area contributed by atoms with Gasteiger partial charge in [-0.15, -0.1) is 13.0 Å². The Labute approximate surface area is 85.3 Å². The molecule has 0 bridgehead atoms. The molecule has 3 nitrogen and oxygen atoms in total. The van der Waals surface area contributed by atoms with Crippen LogP contribution in [0.3, 0.4) is 0 Å². The molecule has 1 unspecified atom stereocenters. The Morgan fingerprint density at radius 3 is 2.79 bits per heavy atom. The van der Waals surface area contributed by atoms with Crippen LogP contribution in [0, 0.1) is 12.3 Å². The summed E-state index contributed by atoms with van der Waals surface area (Å²) >= 11 is 0. The van der Waals surface area contributed by atoms with E-state index in [9.17, 15) is 4.57 Å². The highest BCUT2D eigenvalue weighted by Gasteiger charge is 2.21. The largest absolute Gasteiger partial charge is 0.335 e. The van der Waals surface area contributed by atoms with Crippen LogP contribution in [0.15, 0.2) is 24.8 Å². The second-order valence-electron chi connectivity index (χ2n) is 2.42. The average molecular weight is 214 g/mol. The van der Waals surface area contributed by atoms with Crippen LogP contribution >= 0.6 is 7.60 Å². The number of terminal acetylenes is 1. The molecule has 0 aliphatic heterocycles. The molecule has 0 radical (unpaired) electrons. The summed E-state index contributed by atoms with van der Waals surface area (Å²) in [5.41, 5.74) is 0. The van der Waals surface area contributed by atoms with E-state index >= 15 is 0 Å². The molecule has 0 aliphatic carbocycles. The summed E-state index contributed by atoms with van der Waals surface area (Å²) in [5.74, 6) is 2.25. The lowest BCUT2D eigenvalue weighted by atomic mass is 10.6. The van der Waals surface area contributed by atoms with Crippen LogP contribution in [0.2, 0.25) is 0 Å². The van der Waals surface area contributed by atoms with Crippen molar-refractivity contribution in [2.45, 2.75) is 6.92 Å². The average Bonchev–Trinajstić information content (AvgIpc) is 2.21. The van der Waals surface area contributed by atoms with Crippen LogP contribution in [0.5, 0.6) is 0 Å². The van der Waals surface area contributed by atoms with Gasteiger partial charge in [-0.05, 0) is 6.92 Å². The van der Waals surface area contributed by atoms with Gasteiger partial charge >= 0.3 is 7.60 Å². The fourth-order valence-electron chi connectivity index (χ4n) is 0.679. The van der Waals surface area contributed by atoms with E-state index in [1.807, 2.05) is 6.92 Å². The monoisotopic (exact) mass is 214 g/mol. The van der Waals surface area contributed by atoms with Gasteiger partial charge in [-0.2, -0.15) is 0 Å². The molecular formula is C10H15O3P. The van der Waals surface area contributed by atoms with E-state index in [2.05, 4.69) is 12.5 Å². The molecular weight excluding hydrogens is 199 g/mol. The summed E-state index contributed by atoms with van der Waals surface area (Å²) in [6, 6.07) is 0. The van der Waals surface area contributed by atoms with Gasteiger partial charge in [0.2, 0.25) is 0 Å². The second-order valence-corrected chi connectivity index (χ2v) is 4.53. The molecule has 0 fully saturated rings. The molecule has 0 rings (SSSR count). The zero-order valence-electron chi connectivity index (χ0n) is 8.31. The summed E-state index contributed by atoms with van der Waals surface area (Å²) in [6.07, 6.45) is 10.3. The highest BCUT2D eigenvalue weighted by atomic mass is 31.2. The maximum atomic E-state index is 11.9. The smallest absolute Gasteiger partial charge is 0.304 e. The van der Waals surface area contributed by atoms with Crippen LogP contribution < -0.4 is 0 Å². The molecule has 1 atom stereocenters. The van der Waals surface area contributed by atoms with Gasteiger partial charge in [0.1, 0.15) is 6.61 Å². The Morgan fingerprint density at radius 2 is 2.29 bits per heavy atom. The van der Waals surface area contributed by atoms with Crippen LogP contribution in [0.25, 0.3) is 0 Å². The highest BCUT2D eigenvalue weighted by molar-refractivity contribution is 7.54. The maximum Gasteiger partial charge on any atom is 0.335 e. The van der Waals surface area contributed by atoms with Crippen LogP contribution in [-0.4, -0.2) is 19.4 Å². The SMILES string of the molecule is C#CCOP(=O)(CC=CC)OCC=C. The first kappa shape index (κ1) is 13.2. The molecule has 0 aromatic heterocycles. The van der Waals surface area contributed by atoms with E-state index in [1.54, 1.807) is 12.2 Å². The van der Waals surface area contributed by atoms with Gasteiger partial charge in [0.05, 0.1) is 12.8 Å². The molecule has 14 heavy (non-hydrogen) atoms. The number of hydrogen-bond donors (Lipinski definition) is 0. The number of hydrogen-bond acceptors (Lipinski definition) is 3. The van der Waals surface area contributed by atoms with Gasteiger partial charge in [0, 0.05) is 0 Å². The van der Waals surface area contributed by atoms with Crippen molar-refractivity contribution >= 4 is 7.60 Å². The van der Waals surface area contributed by atoms with E-state index in [-0.39, 0.29) is 19.4 Å². The Hall–Kier alpha value is -0.810.